The monoisotopic (exact) mass is 255 g/mol. The molecule has 1 aromatic heterocycles. The van der Waals surface area contributed by atoms with Gasteiger partial charge >= 0.3 is 0 Å². The first-order chi connectivity index (χ1) is 8.61. The van der Waals surface area contributed by atoms with E-state index in [1.807, 2.05) is 6.92 Å². The van der Waals surface area contributed by atoms with Gasteiger partial charge < -0.3 is 15.2 Å². The second-order valence-corrected chi connectivity index (χ2v) is 3.96. The maximum atomic E-state index is 12.0. The zero-order valence-electron chi connectivity index (χ0n) is 11.2. The van der Waals surface area contributed by atoms with Crippen molar-refractivity contribution in [2.75, 3.05) is 31.7 Å². The largest absolute Gasteiger partial charge is 0.396 e. The Morgan fingerprint density at radius 1 is 1.50 bits per heavy atom. The first-order valence-electron chi connectivity index (χ1n) is 6.10. The molecule has 1 rings (SSSR count). The minimum absolute atomic E-state index is 0.0468. The number of nitrogens with zero attached hydrogens (tertiary/aromatic N) is 2. The minimum Gasteiger partial charge on any atom is -0.396 e. The van der Waals surface area contributed by atoms with Gasteiger partial charge in [0.25, 0.3) is 5.56 Å². The highest BCUT2D eigenvalue weighted by Gasteiger charge is 2.10. The molecule has 0 unspecified atom stereocenters. The van der Waals surface area contributed by atoms with E-state index in [9.17, 15) is 4.79 Å². The first-order valence-corrected chi connectivity index (χ1v) is 6.10. The molecule has 0 amide bonds. The van der Waals surface area contributed by atoms with Crippen LogP contribution in [0.3, 0.4) is 0 Å². The summed E-state index contributed by atoms with van der Waals surface area (Å²) in [5, 5.41) is 12.0. The third-order valence-electron chi connectivity index (χ3n) is 2.69. The molecule has 1 aromatic rings. The molecule has 18 heavy (non-hydrogen) atoms. The maximum absolute atomic E-state index is 12.0. The number of aromatic nitrogens is 2. The van der Waals surface area contributed by atoms with Crippen LogP contribution < -0.4 is 10.9 Å². The Hall–Kier alpha value is -1.40. The lowest BCUT2D eigenvalue weighted by Crippen LogP contribution is -2.28. The average molecular weight is 255 g/mol. The van der Waals surface area contributed by atoms with Gasteiger partial charge in [-0.3, -0.25) is 9.36 Å². The Balaban J connectivity index is 2.85. The third-order valence-corrected chi connectivity index (χ3v) is 2.69. The Kier molecular flexibility index (Phi) is 5.80. The van der Waals surface area contributed by atoms with E-state index in [1.54, 1.807) is 14.0 Å². The van der Waals surface area contributed by atoms with Crippen LogP contribution in [0, 0.1) is 6.92 Å². The van der Waals surface area contributed by atoms with E-state index < -0.39 is 0 Å². The van der Waals surface area contributed by atoms with Crippen molar-refractivity contribution >= 4 is 5.95 Å². The zero-order valence-corrected chi connectivity index (χ0v) is 11.2. The number of aliphatic hydroxyl groups is 1. The highest BCUT2D eigenvalue weighted by atomic mass is 16.5. The number of anilines is 1. The smallest absolute Gasteiger partial charge is 0.258 e. The normalized spacial score (nSPS) is 10.7. The van der Waals surface area contributed by atoms with Crippen molar-refractivity contribution in [3.63, 3.8) is 0 Å². The van der Waals surface area contributed by atoms with E-state index in [2.05, 4.69) is 10.3 Å². The van der Waals surface area contributed by atoms with E-state index in [4.69, 9.17) is 9.84 Å². The maximum Gasteiger partial charge on any atom is 0.258 e. The van der Waals surface area contributed by atoms with Crippen LogP contribution in [0.5, 0.6) is 0 Å². The zero-order chi connectivity index (χ0) is 13.5. The van der Waals surface area contributed by atoms with Crippen molar-refractivity contribution in [2.45, 2.75) is 20.3 Å². The van der Waals surface area contributed by atoms with Crippen molar-refractivity contribution in [3.8, 4) is 0 Å². The molecule has 0 aliphatic heterocycles. The summed E-state index contributed by atoms with van der Waals surface area (Å²) < 4.78 is 6.67. The van der Waals surface area contributed by atoms with E-state index in [1.165, 1.54) is 4.57 Å². The first kappa shape index (κ1) is 14.7. The number of aliphatic hydroxyl groups excluding tert-OH is 1. The number of ether oxygens (including phenoxy) is 1. The average Bonchev–Trinajstić information content (AvgIpc) is 2.36. The van der Waals surface area contributed by atoms with Gasteiger partial charge in [0.1, 0.15) is 0 Å². The van der Waals surface area contributed by atoms with Gasteiger partial charge in [0.2, 0.25) is 5.95 Å². The molecule has 0 aromatic carbocycles. The molecule has 2 N–H and O–H groups in total. The molecule has 0 aliphatic carbocycles. The second-order valence-electron chi connectivity index (χ2n) is 3.96. The van der Waals surface area contributed by atoms with E-state index in [0.717, 1.165) is 0 Å². The quantitative estimate of drug-likeness (QED) is 0.674. The van der Waals surface area contributed by atoms with Crippen LogP contribution in [0.1, 0.15) is 18.2 Å². The predicted octanol–water partition coefficient (Wildman–Crippen LogP) is 0.0719. The number of hydrogen-bond acceptors (Lipinski definition) is 5. The summed E-state index contributed by atoms with van der Waals surface area (Å²) in [6.45, 7) is 5.51. The van der Waals surface area contributed by atoms with Gasteiger partial charge in [-0.1, -0.05) is 0 Å². The number of nitrogens with one attached hydrogen (secondary N) is 1. The summed E-state index contributed by atoms with van der Waals surface area (Å²) in [4.78, 5) is 16.4. The summed E-state index contributed by atoms with van der Waals surface area (Å²) in [6, 6.07) is 0. The van der Waals surface area contributed by atoms with Crippen LogP contribution >= 0.6 is 0 Å². The van der Waals surface area contributed by atoms with Gasteiger partial charge in [0, 0.05) is 38.8 Å². The molecule has 0 saturated heterocycles. The van der Waals surface area contributed by atoms with Gasteiger partial charge in [-0.05, 0) is 13.8 Å². The molecule has 0 aliphatic rings. The third kappa shape index (κ3) is 3.54. The van der Waals surface area contributed by atoms with E-state index in [-0.39, 0.29) is 12.2 Å². The Morgan fingerprint density at radius 3 is 2.83 bits per heavy atom. The van der Waals surface area contributed by atoms with Crippen LogP contribution in [-0.2, 0) is 18.2 Å². The van der Waals surface area contributed by atoms with Crippen molar-refractivity contribution in [1.29, 1.82) is 0 Å². The lowest BCUT2D eigenvalue weighted by Gasteiger charge is -2.13. The predicted molar refractivity (Wildman–Crippen MR) is 70.0 cm³/mol. The lowest BCUT2D eigenvalue weighted by molar-refractivity contribution is 0.158. The summed E-state index contributed by atoms with van der Waals surface area (Å²) in [6.07, 6.45) is 0.338. The van der Waals surface area contributed by atoms with Crippen LogP contribution in [0.2, 0.25) is 0 Å². The highest BCUT2D eigenvalue weighted by Crippen LogP contribution is 2.05. The van der Waals surface area contributed by atoms with E-state index in [0.29, 0.717) is 43.4 Å². The molecule has 0 saturated carbocycles. The van der Waals surface area contributed by atoms with Crippen molar-refractivity contribution in [1.82, 2.24) is 9.55 Å². The standard InChI is InChI=1S/C12H21N3O3/c1-4-18-8-6-13-12-14-9(2)10(5-7-16)11(17)15(12)3/h16H,4-8H2,1-3H3,(H,13,14). The molecule has 6 nitrogen and oxygen atoms in total. The van der Waals surface area contributed by atoms with Crippen LogP contribution in [0.25, 0.3) is 0 Å². The van der Waals surface area contributed by atoms with Gasteiger partial charge in [-0.15, -0.1) is 0 Å². The van der Waals surface area contributed by atoms with E-state index >= 15 is 0 Å². The van der Waals surface area contributed by atoms with Crippen LogP contribution in [-0.4, -0.2) is 41.0 Å². The molecule has 0 bridgehead atoms. The second kappa shape index (κ2) is 7.13. The Morgan fingerprint density at radius 2 is 2.22 bits per heavy atom. The van der Waals surface area contributed by atoms with Crippen LogP contribution in [0.4, 0.5) is 5.95 Å². The minimum atomic E-state index is -0.115. The molecular weight excluding hydrogens is 234 g/mol. The fourth-order valence-corrected chi connectivity index (χ4v) is 1.69. The SMILES string of the molecule is CCOCCNc1nc(C)c(CCO)c(=O)n1C. The Labute approximate surface area is 107 Å². The summed E-state index contributed by atoms with van der Waals surface area (Å²) in [7, 11) is 1.67. The van der Waals surface area contributed by atoms with Crippen LogP contribution in [0.15, 0.2) is 4.79 Å². The molecule has 6 heteroatoms. The highest BCUT2D eigenvalue weighted by molar-refractivity contribution is 5.31. The lowest BCUT2D eigenvalue weighted by atomic mass is 10.2. The molecule has 102 valence electrons. The molecule has 0 radical (unpaired) electrons. The molecule has 1 heterocycles. The fraction of sp³-hybridized carbons (Fsp3) is 0.667. The van der Waals surface area contributed by atoms with Gasteiger partial charge in [-0.2, -0.15) is 0 Å². The van der Waals surface area contributed by atoms with Crippen molar-refractivity contribution in [3.05, 3.63) is 21.6 Å². The topological polar surface area (TPSA) is 76.4 Å². The number of rotatable bonds is 7. The number of hydrogen-bond donors (Lipinski definition) is 2. The van der Waals surface area contributed by atoms with Crippen molar-refractivity contribution < 1.29 is 9.84 Å². The van der Waals surface area contributed by atoms with Gasteiger partial charge in [0.05, 0.1) is 12.3 Å². The van der Waals surface area contributed by atoms with Crippen molar-refractivity contribution in [2.24, 2.45) is 7.05 Å². The molecular formula is C12H21N3O3. The molecule has 0 fully saturated rings. The molecule has 0 spiro atoms. The summed E-state index contributed by atoms with van der Waals surface area (Å²) >= 11 is 0. The Bertz CT molecular complexity index is 443. The number of aryl methyl sites for hydroxylation is 1. The molecule has 0 atom stereocenters. The summed E-state index contributed by atoms with van der Waals surface area (Å²) in [5.41, 5.74) is 1.11. The summed E-state index contributed by atoms with van der Waals surface area (Å²) in [5.74, 6) is 0.527. The van der Waals surface area contributed by atoms with Gasteiger partial charge in [-0.25, -0.2) is 4.98 Å². The van der Waals surface area contributed by atoms with Gasteiger partial charge in [0.15, 0.2) is 0 Å². The fourth-order valence-electron chi connectivity index (χ4n) is 1.69.